The third kappa shape index (κ3) is 3.77. The van der Waals surface area contributed by atoms with Crippen LogP contribution in [0.1, 0.15) is 12.8 Å². The van der Waals surface area contributed by atoms with Gasteiger partial charge in [-0.2, -0.15) is 0 Å². The molecule has 5 nitrogen and oxygen atoms in total. The van der Waals surface area contributed by atoms with E-state index in [1.165, 1.54) is 6.92 Å². The van der Waals surface area contributed by atoms with Crippen molar-refractivity contribution in [3.8, 4) is 28.5 Å². The van der Waals surface area contributed by atoms with Crippen LogP contribution in [0.15, 0.2) is 59.2 Å². The molecule has 23 heavy (non-hydrogen) atoms. The van der Waals surface area contributed by atoms with Crippen LogP contribution in [0.5, 0.6) is 17.2 Å². The number of carbonyl (C=O) groups excluding carboxylic acids is 1. The molecule has 0 amide bonds. The standard InChI is InChI=1S/C18H15NO4/c1-12-19-18(11-21-12)14-3-5-16(6-4-14)23-17-9-7-15(8-10-17)22-13(2)20/h3-11H,1-2H3. The summed E-state index contributed by atoms with van der Waals surface area (Å²) in [6.45, 7) is 3.17. The van der Waals surface area contributed by atoms with Gasteiger partial charge in [0, 0.05) is 19.4 Å². The van der Waals surface area contributed by atoms with Crippen LogP contribution in [-0.2, 0) is 4.79 Å². The first-order valence-electron chi connectivity index (χ1n) is 7.09. The largest absolute Gasteiger partial charge is 0.457 e. The minimum absolute atomic E-state index is 0.350. The highest BCUT2D eigenvalue weighted by atomic mass is 16.5. The van der Waals surface area contributed by atoms with E-state index in [-0.39, 0.29) is 5.97 Å². The van der Waals surface area contributed by atoms with Crippen LogP contribution in [0.4, 0.5) is 0 Å². The van der Waals surface area contributed by atoms with Gasteiger partial charge < -0.3 is 13.9 Å². The summed E-state index contributed by atoms with van der Waals surface area (Å²) in [7, 11) is 0. The summed E-state index contributed by atoms with van der Waals surface area (Å²) in [6.07, 6.45) is 1.62. The molecule has 0 bridgehead atoms. The summed E-state index contributed by atoms with van der Waals surface area (Å²) in [4.78, 5) is 15.2. The number of aryl methyl sites for hydroxylation is 1. The molecule has 0 spiro atoms. The van der Waals surface area contributed by atoms with E-state index in [1.54, 1.807) is 37.5 Å². The van der Waals surface area contributed by atoms with Crippen LogP contribution in [0.2, 0.25) is 0 Å². The Kier molecular flexibility index (Phi) is 4.10. The molecule has 0 N–H and O–H groups in total. The average Bonchev–Trinajstić information content (AvgIpc) is 2.96. The van der Waals surface area contributed by atoms with Gasteiger partial charge in [0.2, 0.25) is 0 Å². The van der Waals surface area contributed by atoms with Crippen molar-refractivity contribution in [2.75, 3.05) is 0 Å². The third-order valence-electron chi connectivity index (χ3n) is 3.09. The highest BCUT2D eigenvalue weighted by Crippen LogP contribution is 2.26. The van der Waals surface area contributed by atoms with Gasteiger partial charge >= 0.3 is 5.97 Å². The van der Waals surface area contributed by atoms with Crippen molar-refractivity contribution in [1.82, 2.24) is 4.98 Å². The number of hydrogen-bond acceptors (Lipinski definition) is 5. The number of carbonyl (C=O) groups is 1. The molecule has 5 heteroatoms. The van der Waals surface area contributed by atoms with Crippen molar-refractivity contribution in [1.29, 1.82) is 0 Å². The fourth-order valence-electron chi connectivity index (χ4n) is 2.07. The van der Waals surface area contributed by atoms with Crippen LogP contribution in [0.25, 0.3) is 11.3 Å². The summed E-state index contributed by atoms with van der Waals surface area (Å²) < 4.78 is 15.9. The van der Waals surface area contributed by atoms with Gasteiger partial charge in [0.1, 0.15) is 29.2 Å². The topological polar surface area (TPSA) is 61.6 Å². The maximum atomic E-state index is 10.9. The van der Waals surface area contributed by atoms with E-state index >= 15 is 0 Å². The quantitative estimate of drug-likeness (QED) is 0.529. The van der Waals surface area contributed by atoms with Crippen molar-refractivity contribution < 1.29 is 18.7 Å². The summed E-state index contributed by atoms with van der Waals surface area (Å²) in [5, 5.41) is 0. The number of aromatic nitrogens is 1. The molecule has 0 saturated heterocycles. The molecule has 0 fully saturated rings. The van der Waals surface area contributed by atoms with Crippen LogP contribution in [0.3, 0.4) is 0 Å². The first-order chi connectivity index (χ1) is 11.1. The molecule has 0 unspecified atom stereocenters. The lowest BCUT2D eigenvalue weighted by molar-refractivity contribution is -0.131. The molecule has 116 valence electrons. The van der Waals surface area contributed by atoms with Gasteiger partial charge in [0.25, 0.3) is 0 Å². The van der Waals surface area contributed by atoms with E-state index < -0.39 is 0 Å². The van der Waals surface area contributed by atoms with Gasteiger partial charge in [-0.3, -0.25) is 4.79 Å². The van der Waals surface area contributed by atoms with Crippen LogP contribution in [0, 0.1) is 6.92 Å². The Balaban J connectivity index is 1.69. The second-order valence-corrected chi connectivity index (χ2v) is 4.94. The van der Waals surface area contributed by atoms with Gasteiger partial charge in [-0.05, 0) is 48.5 Å². The Morgan fingerprint density at radius 1 is 0.957 bits per heavy atom. The van der Waals surface area contributed by atoms with Crippen molar-refractivity contribution in [2.24, 2.45) is 0 Å². The molecule has 0 saturated carbocycles. The van der Waals surface area contributed by atoms with E-state index in [0.717, 1.165) is 11.3 Å². The smallest absolute Gasteiger partial charge is 0.308 e. The summed E-state index contributed by atoms with van der Waals surface area (Å²) >= 11 is 0. The minimum Gasteiger partial charge on any atom is -0.457 e. The number of hydrogen-bond donors (Lipinski definition) is 0. The second kappa shape index (κ2) is 6.36. The number of ether oxygens (including phenoxy) is 2. The minimum atomic E-state index is -0.350. The third-order valence-corrected chi connectivity index (χ3v) is 3.09. The summed E-state index contributed by atoms with van der Waals surface area (Å²) in [5.41, 5.74) is 1.75. The van der Waals surface area contributed by atoms with Gasteiger partial charge in [-0.15, -0.1) is 0 Å². The first-order valence-corrected chi connectivity index (χ1v) is 7.09. The fraction of sp³-hybridized carbons (Fsp3) is 0.111. The fourth-order valence-corrected chi connectivity index (χ4v) is 2.07. The maximum absolute atomic E-state index is 10.9. The van der Waals surface area contributed by atoms with E-state index in [4.69, 9.17) is 13.9 Å². The molecule has 0 aliphatic rings. The molecule has 3 rings (SSSR count). The lowest BCUT2D eigenvalue weighted by Crippen LogP contribution is -2.00. The lowest BCUT2D eigenvalue weighted by Gasteiger charge is -2.07. The second-order valence-electron chi connectivity index (χ2n) is 4.94. The Hall–Kier alpha value is -3.08. The average molecular weight is 309 g/mol. The van der Waals surface area contributed by atoms with Crippen molar-refractivity contribution in [3.05, 3.63) is 60.7 Å². The summed E-state index contributed by atoms with van der Waals surface area (Å²) in [5.74, 6) is 2.13. The van der Waals surface area contributed by atoms with Crippen LogP contribution in [-0.4, -0.2) is 11.0 Å². The molecule has 2 aromatic carbocycles. The number of rotatable bonds is 4. The Bertz CT molecular complexity index is 804. The highest BCUT2D eigenvalue weighted by Gasteiger charge is 2.05. The van der Waals surface area contributed by atoms with E-state index in [9.17, 15) is 4.79 Å². The molecule has 0 atom stereocenters. The first kappa shape index (κ1) is 14.8. The predicted octanol–water partition coefficient (Wildman–Crippen LogP) is 4.37. The maximum Gasteiger partial charge on any atom is 0.308 e. The normalized spacial score (nSPS) is 10.3. The van der Waals surface area contributed by atoms with Crippen molar-refractivity contribution in [2.45, 2.75) is 13.8 Å². The zero-order valence-corrected chi connectivity index (χ0v) is 12.8. The Labute approximate surface area is 133 Å². The van der Waals surface area contributed by atoms with Gasteiger partial charge in [-0.1, -0.05) is 0 Å². The van der Waals surface area contributed by atoms with Crippen molar-refractivity contribution in [3.63, 3.8) is 0 Å². The van der Waals surface area contributed by atoms with E-state index in [0.29, 0.717) is 23.1 Å². The SMILES string of the molecule is CC(=O)Oc1ccc(Oc2ccc(-c3coc(C)n3)cc2)cc1. The zero-order chi connectivity index (χ0) is 16.2. The number of oxazole rings is 1. The Morgan fingerprint density at radius 2 is 1.52 bits per heavy atom. The number of benzene rings is 2. The lowest BCUT2D eigenvalue weighted by atomic mass is 10.2. The molecular weight excluding hydrogens is 294 g/mol. The van der Waals surface area contributed by atoms with Crippen LogP contribution >= 0.6 is 0 Å². The van der Waals surface area contributed by atoms with Gasteiger partial charge in [0.15, 0.2) is 5.89 Å². The van der Waals surface area contributed by atoms with Crippen molar-refractivity contribution >= 4 is 5.97 Å². The van der Waals surface area contributed by atoms with E-state index in [1.807, 2.05) is 24.3 Å². The van der Waals surface area contributed by atoms with Gasteiger partial charge in [0.05, 0.1) is 0 Å². The van der Waals surface area contributed by atoms with E-state index in [2.05, 4.69) is 4.98 Å². The van der Waals surface area contributed by atoms with Gasteiger partial charge in [-0.25, -0.2) is 4.98 Å². The zero-order valence-electron chi connectivity index (χ0n) is 12.8. The molecule has 0 radical (unpaired) electrons. The molecule has 0 aliphatic carbocycles. The molecular formula is C18H15NO4. The highest BCUT2D eigenvalue weighted by molar-refractivity contribution is 5.69. The number of esters is 1. The molecule has 3 aromatic rings. The molecule has 1 aromatic heterocycles. The Morgan fingerprint density at radius 3 is 2.04 bits per heavy atom. The number of nitrogens with zero attached hydrogens (tertiary/aromatic N) is 1. The molecule has 1 heterocycles. The summed E-state index contributed by atoms with van der Waals surface area (Å²) in [6, 6.07) is 14.4. The predicted molar refractivity (Wildman–Crippen MR) is 84.5 cm³/mol. The monoisotopic (exact) mass is 309 g/mol. The van der Waals surface area contributed by atoms with Crippen LogP contribution < -0.4 is 9.47 Å². The molecule has 0 aliphatic heterocycles.